The first-order chi connectivity index (χ1) is 8.93. The van der Waals surface area contributed by atoms with Gasteiger partial charge in [0.05, 0.1) is 13.2 Å². The minimum absolute atomic E-state index is 0.0419. The third-order valence-electron chi connectivity index (χ3n) is 4.08. The van der Waals surface area contributed by atoms with E-state index in [-0.39, 0.29) is 5.78 Å². The molecule has 1 fully saturated rings. The second-order valence-electron chi connectivity index (χ2n) is 5.77. The van der Waals surface area contributed by atoms with Crippen LogP contribution >= 0.6 is 0 Å². The molecule has 0 spiro atoms. The Hall–Kier alpha value is -0.900. The summed E-state index contributed by atoms with van der Waals surface area (Å²) in [6, 6.07) is 0.506. The summed E-state index contributed by atoms with van der Waals surface area (Å²) in [4.78, 5) is 26.4. The number of carbonyl (C=O) groups is 2. The monoisotopic (exact) mass is 269 g/mol. The standard InChI is InChI=1S/C15H27NO3/c1-5-16(12-9-7-8-10-12)11-13(17)15(3,4)14(18)19-6-2/h12H,5-11H2,1-4H3. The second kappa shape index (κ2) is 7.04. The van der Waals surface area contributed by atoms with Gasteiger partial charge in [-0.25, -0.2) is 0 Å². The molecule has 0 aliphatic heterocycles. The van der Waals surface area contributed by atoms with Crippen LogP contribution < -0.4 is 0 Å². The summed E-state index contributed by atoms with van der Waals surface area (Å²) in [5, 5.41) is 0. The van der Waals surface area contributed by atoms with Crippen LogP contribution in [0.5, 0.6) is 0 Å². The van der Waals surface area contributed by atoms with E-state index in [4.69, 9.17) is 4.74 Å². The van der Waals surface area contributed by atoms with Gasteiger partial charge in [0, 0.05) is 6.04 Å². The van der Waals surface area contributed by atoms with Crippen molar-refractivity contribution in [1.82, 2.24) is 4.90 Å². The van der Waals surface area contributed by atoms with Crippen molar-refractivity contribution < 1.29 is 14.3 Å². The molecular formula is C15H27NO3. The van der Waals surface area contributed by atoms with E-state index in [1.54, 1.807) is 20.8 Å². The van der Waals surface area contributed by atoms with Crippen LogP contribution in [0.1, 0.15) is 53.4 Å². The van der Waals surface area contributed by atoms with Gasteiger partial charge in [0.15, 0.2) is 5.78 Å². The Balaban J connectivity index is 2.62. The third-order valence-corrected chi connectivity index (χ3v) is 4.08. The molecule has 4 heteroatoms. The quantitative estimate of drug-likeness (QED) is 0.526. The Morgan fingerprint density at radius 3 is 2.26 bits per heavy atom. The molecule has 0 aromatic heterocycles. The number of rotatable bonds is 7. The van der Waals surface area contributed by atoms with E-state index in [0.717, 1.165) is 6.54 Å². The molecule has 1 aliphatic rings. The number of carbonyl (C=O) groups excluding carboxylic acids is 2. The molecule has 110 valence electrons. The highest BCUT2D eigenvalue weighted by atomic mass is 16.5. The van der Waals surface area contributed by atoms with Crippen LogP contribution in [0.25, 0.3) is 0 Å². The molecule has 0 N–H and O–H groups in total. The zero-order valence-corrected chi connectivity index (χ0v) is 12.7. The predicted molar refractivity (Wildman–Crippen MR) is 74.9 cm³/mol. The molecule has 1 saturated carbocycles. The van der Waals surface area contributed by atoms with E-state index < -0.39 is 11.4 Å². The van der Waals surface area contributed by atoms with Gasteiger partial charge in [-0.05, 0) is 40.2 Å². The Morgan fingerprint density at radius 1 is 1.21 bits per heavy atom. The molecular weight excluding hydrogens is 242 g/mol. The summed E-state index contributed by atoms with van der Waals surface area (Å²) in [5.41, 5.74) is -1.04. The number of hydrogen-bond acceptors (Lipinski definition) is 4. The van der Waals surface area contributed by atoms with Crippen LogP contribution in [0, 0.1) is 5.41 Å². The molecule has 1 aliphatic carbocycles. The van der Waals surface area contributed by atoms with E-state index >= 15 is 0 Å². The number of ether oxygens (including phenoxy) is 1. The minimum atomic E-state index is -1.04. The molecule has 0 aromatic carbocycles. The van der Waals surface area contributed by atoms with Gasteiger partial charge in [0.2, 0.25) is 0 Å². The fourth-order valence-corrected chi connectivity index (χ4v) is 2.58. The van der Waals surface area contributed by atoms with E-state index in [1.165, 1.54) is 25.7 Å². The van der Waals surface area contributed by atoms with Crippen LogP contribution in [-0.2, 0) is 14.3 Å². The highest BCUT2D eigenvalue weighted by molar-refractivity contribution is 6.03. The fourth-order valence-electron chi connectivity index (χ4n) is 2.58. The molecule has 0 radical (unpaired) electrons. The summed E-state index contributed by atoms with van der Waals surface area (Å²) >= 11 is 0. The number of likely N-dealkylation sites (N-methyl/N-ethyl adjacent to an activating group) is 1. The first-order valence-corrected chi connectivity index (χ1v) is 7.38. The van der Waals surface area contributed by atoms with Crippen LogP contribution in [0.3, 0.4) is 0 Å². The van der Waals surface area contributed by atoms with Gasteiger partial charge in [-0.2, -0.15) is 0 Å². The smallest absolute Gasteiger partial charge is 0.319 e. The number of hydrogen-bond donors (Lipinski definition) is 0. The first kappa shape index (κ1) is 16.2. The largest absolute Gasteiger partial charge is 0.465 e. The minimum Gasteiger partial charge on any atom is -0.465 e. The summed E-state index contributed by atoms with van der Waals surface area (Å²) in [7, 11) is 0. The molecule has 0 atom stereocenters. The molecule has 19 heavy (non-hydrogen) atoms. The normalized spacial score (nSPS) is 16.9. The van der Waals surface area contributed by atoms with Crippen molar-refractivity contribution >= 4 is 11.8 Å². The van der Waals surface area contributed by atoms with Gasteiger partial charge < -0.3 is 4.74 Å². The first-order valence-electron chi connectivity index (χ1n) is 7.38. The Kier molecular flexibility index (Phi) is 5.98. The van der Waals surface area contributed by atoms with Crippen molar-refractivity contribution in [2.75, 3.05) is 19.7 Å². The SMILES string of the molecule is CCOC(=O)C(C)(C)C(=O)CN(CC)C1CCCC1. The Morgan fingerprint density at radius 2 is 1.79 bits per heavy atom. The number of esters is 1. The average Bonchev–Trinajstić information content (AvgIpc) is 2.89. The van der Waals surface area contributed by atoms with Crippen LogP contribution in [-0.4, -0.2) is 42.4 Å². The predicted octanol–water partition coefficient (Wildman–Crippen LogP) is 2.41. The van der Waals surface area contributed by atoms with Gasteiger partial charge in [0.25, 0.3) is 0 Å². The maximum atomic E-state index is 12.4. The molecule has 0 saturated heterocycles. The maximum absolute atomic E-state index is 12.4. The topological polar surface area (TPSA) is 46.6 Å². The molecule has 0 heterocycles. The lowest BCUT2D eigenvalue weighted by Crippen LogP contribution is -2.45. The highest BCUT2D eigenvalue weighted by Gasteiger charge is 2.38. The van der Waals surface area contributed by atoms with Gasteiger partial charge in [0.1, 0.15) is 5.41 Å². The highest BCUT2D eigenvalue weighted by Crippen LogP contribution is 2.25. The molecule has 0 aromatic rings. The molecule has 4 nitrogen and oxygen atoms in total. The van der Waals surface area contributed by atoms with Crippen LogP contribution in [0.15, 0.2) is 0 Å². The zero-order chi connectivity index (χ0) is 14.5. The van der Waals surface area contributed by atoms with Gasteiger partial charge in [-0.15, -0.1) is 0 Å². The lowest BCUT2D eigenvalue weighted by molar-refractivity contribution is -0.158. The van der Waals surface area contributed by atoms with Crippen molar-refractivity contribution in [3.63, 3.8) is 0 Å². The Labute approximate surface area is 116 Å². The second-order valence-corrected chi connectivity index (χ2v) is 5.77. The summed E-state index contributed by atoms with van der Waals surface area (Å²) in [5.74, 6) is -0.456. The lowest BCUT2D eigenvalue weighted by atomic mass is 9.87. The van der Waals surface area contributed by atoms with Crippen molar-refractivity contribution in [3.05, 3.63) is 0 Å². The zero-order valence-electron chi connectivity index (χ0n) is 12.7. The van der Waals surface area contributed by atoms with Crippen molar-refractivity contribution in [2.45, 2.75) is 59.4 Å². The lowest BCUT2D eigenvalue weighted by Gasteiger charge is -2.30. The average molecular weight is 269 g/mol. The number of nitrogens with zero attached hydrogens (tertiary/aromatic N) is 1. The van der Waals surface area contributed by atoms with E-state index in [2.05, 4.69) is 11.8 Å². The third kappa shape index (κ3) is 4.03. The summed E-state index contributed by atoms with van der Waals surface area (Å²) < 4.78 is 4.99. The van der Waals surface area contributed by atoms with Gasteiger partial charge >= 0.3 is 5.97 Å². The fraction of sp³-hybridized carbons (Fsp3) is 0.867. The summed E-state index contributed by atoms with van der Waals surface area (Å²) in [6.07, 6.45) is 4.83. The molecule has 0 amide bonds. The number of ketones is 1. The summed E-state index contributed by atoms with van der Waals surface area (Å²) in [6.45, 7) is 8.68. The Bertz CT molecular complexity index is 319. The van der Waals surface area contributed by atoms with E-state index in [0.29, 0.717) is 19.2 Å². The molecule has 0 unspecified atom stereocenters. The van der Waals surface area contributed by atoms with Crippen LogP contribution in [0.2, 0.25) is 0 Å². The molecule has 1 rings (SSSR count). The maximum Gasteiger partial charge on any atom is 0.319 e. The van der Waals surface area contributed by atoms with E-state index in [9.17, 15) is 9.59 Å². The molecule has 0 bridgehead atoms. The van der Waals surface area contributed by atoms with Crippen molar-refractivity contribution in [3.8, 4) is 0 Å². The van der Waals surface area contributed by atoms with Crippen molar-refractivity contribution in [1.29, 1.82) is 0 Å². The van der Waals surface area contributed by atoms with Gasteiger partial charge in [-0.1, -0.05) is 19.8 Å². The van der Waals surface area contributed by atoms with E-state index in [1.807, 2.05) is 0 Å². The van der Waals surface area contributed by atoms with Gasteiger partial charge in [-0.3, -0.25) is 14.5 Å². The number of Topliss-reactive ketones (excluding diaryl/α,β-unsaturated/α-hetero) is 1. The van der Waals surface area contributed by atoms with Crippen molar-refractivity contribution in [2.24, 2.45) is 5.41 Å². The van der Waals surface area contributed by atoms with Crippen LogP contribution in [0.4, 0.5) is 0 Å².